The van der Waals surface area contributed by atoms with Crippen molar-refractivity contribution in [3.63, 3.8) is 0 Å². The Morgan fingerprint density at radius 2 is 2.05 bits per heavy atom. The molecular weight excluding hydrogens is 328 g/mol. The molecule has 1 aromatic rings. The first-order valence-electron chi connectivity index (χ1n) is 6.28. The molecule has 0 spiro atoms. The van der Waals surface area contributed by atoms with Gasteiger partial charge in [-0.1, -0.05) is 35.3 Å². The van der Waals surface area contributed by atoms with Crippen LogP contribution in [0, 0.1) is 0 Å². The third-order valence-corrected chi connectivity index (χ3v) is 4.42. The molecule has 0 bridgehead atoms. The minimum Gasteiger partial charge on any atom is -0.330 e. The highest BCUT2D eigenvalue weighted by Crippen LogP contribution is 2.31. The SMILES string of the molecule is NC1CCN(C(=O)C(F)(F)F)C1Cc1cccc(Cl)c1Cl. The maximum absolute atomic E-state index is 12.6. The van der Waals surface area contributed by atoms with Gasteiger partial charge in [0.1, 0.15) is 0 Å². The van der Waals surface area contributed by atoms with E-state index < -0.39 is 24.2 Å². The lowest BCUT2D eigenvalue weighted by Crippen LogP contribution is -2.48. The number of benzene rings is 1. The highest BCUT2D eigenvalue weighted by Gasteiger charge is 2.47. The van der Waals surface area contributed by atoms with E-state index in [1.165, 1.54) is 0 Å². The first-order valence-corrected chi connectivity index (χ1v) is 7.03. The molecule has 1 amide bonds. The van der Waals surface area contributed by atoms with E-state index in [0.29, 0.717) is 17.0 Å². The van der Waals surface area contributed by atoms with Crippen LogP contribution in [0.4, 0.5) is 13.2 Å². The van der Waals surface area contributed by atoms with Crippen LogP contribution in [-0.4, -0.2) is 35.6 Å². The molecule has 0 saturated carbocycles. The van der Waals surface area contributed by atoms with Gasteiger partial charge in [0, 0.05) is 12.6 Å². The number of likely N-dealkylation sites (tertiary alicyclic amines) is 1. The number of nitrogens with two attached hydrogens (primary N) is 1. The third-order valence-electron chi connectivity index (χ3n) is 3.56. The maximum atomic E-state index is 12.6. The number of rotatable bonds is 2. The van der Waals surface area contributed by atoms with E-state index in [1.54, 1.807) is 18.2 Å². The average Bonchev–Trinajstić information content (AvgIpc) is 2.74. The average molecular weight is 341 g/mol. The molecule has 1 aromatic carbocycles. The minimum atomic E-state index is -4.90. The van der Waals surface area contributed by atoms with Crippen LogP contribution in [-0.2, 0) is 11.2 Å². The normalized spacial score (nSPS) is 22.7. The van der Waals surface area contributed by atoms with Crippen molar-refractivity contribution < 1.29 is 18.0 Å². The number of hydrogen-bond acceptors (Lipinski definition) is 2. The van der Waals surface area contributed by atoms with Crippen molar-refractivity contribution in [1.82, 2.24) is 4.90 Å². The molecule has 3 nitrogen and oxygen atoms in total. The van der Waals surface area contributed by atoms with E-state index in [2.05, 4.69) is 0 Å². The first kappa shape index (κ1) is 16.4. The smallest absolute Gasteiger partial charge is 0.330 e. The topological polar surface area (TPSA) is 46.3 Å². The molecule has 2 N–H and O–H groups in total. The van der Waals surface area contributed by atoms with Crippen molar-refractivity contribution in [3.05, 3.63) is 33.8 Å². The van der Waals surface area contributed by atoms with Crippen LogP contribution in [0.15, 0.2) is 18.2 Å². The molecule has 0 aliphatic carbocycles. The molecule has 2 rings (SSSR count). The molecule has 2 unspecified atom stereocenters. The summed E-state index contributed by atoms with van der Waals surface area (Å²) in [6.45, 7) is -0.0115. The van der Waals surface area contributed by atoms with E-state index in [0.717, 1.165) is 4.90 Å². The van der Waals surface area contributed by atoms with Gasteiger partial charge >= 0.3 is 12.1 Å². The van der Waals surface area contributed by atoms with Gasteiger partial charge in [0.15, 0.2) is 0 Å². The summed E-state index contributed by atoms with van der Waals surface area (Å²) in [7, 11) is 0. The van der Waals surface area contributed by atoms with E-state index in [-0.39, 0.29) is 18.0 Å². The van der Waals surface area contributed by atoms with Crippen molar-refractivity contribution in [1.29, 1.82) is 0 Å². The zero-order chi connectivity index (χ0) is 15.8. The summed E-state index contributed by atoms with van der Waals surface area (Å²) in [5.74, 6) is -1.86. The Morgan fingerprint density at radius 3 is 2.67 bits per heavy atom. The zero-order valence-corrected chi connectivity index (χ0v) is 12.3. The third kappa shape index (κ3) is 3.44. The number of alkyl halides is 3. The lowest BCUT2D eigenvalue weighted by molar-refractivity contribution is -0.186. The second-order valence-corrected chi connectivity index (χ2v) is 5.72. The van der Waals surface area contributed by atoms with Gasteiger partial charge in [-0.25, -0.2) is 0 Å². The lowest BCUT2D eigenvalue weighted by Gasteiger charge is -2.28. The van der Waals surface area contributed by atoms with Crippen molar-refractivity contribution in [2.45, 2.75) is 31.1 Å². The molecule has 0 aromatic heterocycles. The zero-order valence-electron chi connectivity index (χ0n) is 10.8. The molecule has 21 heavy (non-hydrogen) atoms. The van der Waals surface area contributed by atoms with Crippen molar-refractivity contribution in [2.24, 2.45) is 5.73 Å². The van der Waals surface area contributed by atoms with Crippen LogP contribution in [0.5, 0.6) is 0 Å². The Labute approximate surface area is 129 Å². The summed E-state index contributed by atoms with van der Waals surface area (Å²) in [5, 5.41) is 0.590. The Kier molecular flexibility index (Phi) is 4.70. The van der Waals surface area contributed by atoms with Crippen molar-refractivity contribution >= 4 is 29.1 Å². The number of carbonyl (C=O) groups is 1. The molecule has 116 valence electrons. The fourth-order valence-corrected chi connectivity index (χ4v) is 2.88. The number of amides is 1. The monoisotopic (exact) mass is 340 g/mol. The molecule has 1 aliphatic heterocycles. The molecule has 1 fully saturated rings. The van der Waals surface area contributed by atoms with Crippen LogP contribution in [0.25, 0.3) is 0 Å². The number of carbonyl (C=O) groups excluding carboxylic acids is 1. The predicted octanol–water partition coefficient (Wildman–Crippen LogP) is 3.03. The summed E-state index contributed by atoms with van der Waals surface area (Å²) >= 11 is 11.9. The van der Waals surface area contributed by atoms with Gasteiger partial charge in [0.25, 0.3) is 0 Å². The van der Waals surface area contributed by atoms with Crippen molar-refractivity contribution in [3.8, 4) is 0 Å². The highest BCUT2D eigenvalue weighted by molar-refractivity contribution is 6.42. The molecule has 1 heterocycles. The summed E-state index contributed by atoms with van der Waals surface area (Å²) in [6.07, 6.45) is -4.44. The van der Waals surface area contributed by atoms with E-state index >= 15 is 0 Å². The minimum absolute atomic E-state index is 0.0115. The number of nitrogens with zero attached hydrogens (tertiary/aromatic N) is 1. The fraction of sp³-hybridized carbons (Fsp3) is 0.462. The predicted molar refractivity (Wildman–Crippen MR) is 74.3 cm³/mol. The lowest BCUT2D eigenvalue weighted by atomic mass is 10.0. The van der Waals surface area contributed by atoms with Crippen LogP contribution in [0.3, 0.4) is 0 Å². The molecule has 1 saturated heterocycles. The summed E-state index contributed by atoms with van der Waals surface area (Å²) in [6, 6.07) is 3.64. The Hall–Kier alpha value is -0.980. The van der Waals surface area contributed by atoms with Crippen LogP contribution < -0.4 is 5.73 Å². The molecule has 1 aliphatic rings. The molecule has 2 atom stereocenters. The Morgan fingerprint density at radius 1 is 1.38 bits per heavy atom. The van der Waals surface area contributed by atoms with E-state index in [1.807, 2.05) is 0 Å². The van der Waals surface area contributed by atoms with E-state index in [4.69, 9.17) is 28.9 Å². The first-order chi connectivity index (χ1) is 9.71. The Balaban J connectivity index is 2.24. The maximum Gasteiger partial charge on any atom is 0.471 e. The molecule has 8 heteroatoms. The van der Waals surface area contributed by atoms with Gasteiger partial charge in [0.2, 0.25) is 0 Å². The second-order valence-electron chi connectivity index (χ2n) is 4.93. The van der Waals surface area contributed by atoms with Gasteiger partial charge < -0.3 is 10.6 Å². The summed E-state index contributed by atoms with van der Waals surface area (Å²) in [5.41, 5.74) is 6.42. The second kappa shape index (κ2) is 6.02. The van der Waals surface area contributed by atoms with Crippen LogP contribution in [0.1, 0.15) is 12.0 Å². The number of hydrogen-bond donors (Lipinski definition) is 1. The fourth-order valence-electron chi connectivity index (χ4n) is 2.49. The summed E-state index contributed by atoms with van der Waals surface area (Å²) < 4.78 is 37.8. The molecular formula is C13H13Cl2F3N2O. The van der Waals surface area contributed by atoms with Gasteiger partial charge in [0.05, 0.1) is 16.1 Å². The van der Waals surface area contributed by atoms with E-state index in [9.17, 15) is 18.0 Å². The largest absolute Gasteiger partial charge is 0.471 e. The quantitative estimate of drug-likeness (QED) is 0.899. The highest BCUT2D eigenvalue weighted by atomic mass is 35.5. The van der Waals surface area contributed by atoms with Crippen LogP contribution in [0.2, 0.25) is 10.0 Å². The van der Waals surface area contributed by atoms with Crippen LogP contribution >= 0.6 is 23.2 Å². The standard InChI is InChI=1S/C13H13Cl2F3N2O/c14-8-3-1-2-7(11(8)15)6-10-9(19)4-5-20(10)12(21)13(16,17)18/h1-3,9-10H,4-6,19H2. The van der Waals surface area contributed by atoms with Gasteiger partial charge in [-0.2, -0.15) is 13.2 Å². The Bertz CT molecular complexity index is 551. The van der Waals surface area contributed by atoms with Gasteiger partial charge in [-0.3, -0.25) is 4.79 Å². The summed E-state index contributed by atoms with van der Waals surface area (Å²) in [4.78, 5) is 12.2. The van der Waals surface area contributed by atoms with Gasteiger partial charge in [-0.05, 0) is 24.5 Å². The van der Waals surface area contributed by atoms with Crippen molar-refractivity contribution in [2.75, 3.05) is 6.54 Å². The number of halogens is 5. The van der Waals surface area contributed by atoms with Gasteiger partial charge in [-0.15, -0.1) is 0 Å². The molecule has 0 radical (unpaired) electrons.